The number of rotatable bonds is 12. The highest BCUT2D eigenvalue weighted by atomic mass is 35.5. The molecule has 1 aliphatic carbocycles. The first-order valence-electron chi connectivity index (χ1n) is 14.9. The molecule has 0 radical (unpaired) electrons. The monoisotopic (exact) mass is 725 g/mol. The van der Waals surface area contributed by atoms with Crippen molar-refractivity contribution >= 4 is 60.8 Å². The number of nitrogens with one attached hydrogen (secondary N) is 1. The number of anilines is 1. The smallest absolute Gasteiger partial charge is 0.253 e. The summed E-state index contributed by atoms with van der Waals surface area (Å²) in [6.45, 7) is 1.48. The van der Waals surface area contributed by atoms with Gasteiger partial charge in [0.2, 0.25) is 26.0 Å². The molecule has 4 atom stereocenters. The molecule has 1 aliphatic heterocycles. The molecule has 15 heteroatoms. The lowest BCUT2D eigenvalue weighted by molar-refractivity contribution is -0.181. The van der Waals surface area contributed by atoms with Gasteiger partial charge in [-0.15, -0.1) is 0 Å². The van der Waals surface area contributed by atoms with Crippen molar-refractivity contribution in [1.29, 1.82) is 0 Å². The highest BCUT2D eigenvalue weighted by molar-refractivity contribution is 7.93. The van der Waals surface area contributed by atoms with E-state index < -0.39 is 73.6 Å². The molecule has 2 amide bonds. The Balaban J connectivity index is 1.65. The first-order valence-corrected chi connectivity index (χ1v) is 19.1. The van der Waals surface area contributed by atoms with E-state index in [4.69, 9.17) is 27.9 Å². The number of morpholine rings is 1. The zero-order valence-electron chi connectivity index (χ0n) is 25.6. The maximum absolute atomic E-state index is 15.2. The summed E-state index contributed by atoms with van der Waals surface area (Å²) in [5, 5.41) is 0.133. The Morgan fingerprint density at radius 2 is 1.68 bits per heavy atom. The summed E-state index contributed by atoms with van der Waals surface area (Å²) >= 11 is 12.6. The molecule has 0 spiro atoms. The highest BCUT2D eigenvalue weighted by Gasteiger charge is 2.49. The number of hydrogen-bond donors (Lipinski definition) is 1. The Morgan fingerprint density at radius 3 is 2.28 bits per heavy atom. The van der Waals surface area contributed by atoms with Gasteiger partial charge in [-0.3, -0.25) is 18.6 Å². The van der Waals surface area contributed by atoms with Crippen molar-refractivity contribution in [3.8, 4) is 0 Å². The van der Waals surface area contributed by atoms with E-state index >= 15 is 4.39 Å². The van der Waals surface area contributed by atoms with E-state index in [1.54, 1.807) is 55.5 Å². The standard InChI is InChI=1S/C32H34Cl2FN3O7S2/c1-3-24(19-37(47(43,44)25-15-16-25)27-10-5-4-9-26(27)35)38-30(20-11-13-22(33)14-12-20)31(21-7-6-8-23(34)17-21)45-28(32(38)40)18-29(39)36-46(2,41)42/h4-14,17,24-25,28,30-31H,3,15-16,18-19H2,1-2H3,(H,36,39)/t24?,28-,30+,31+/m0/s1. The third-order valence-electron chi connectivity index (χ3n) is 8.10. The summed E-state index contributed by atoms with van der Waals surface area (Å²) in [4.78, 5) is 28.8. The van der Waals surface area contributed by atoms with E-state index in [0.717, 1.165) is 10.6 Å². The number of sulfonamides is 2. The fourth-order valence-corrected chi connectivity index (χ4v) is 8.52. The van der Waals surface area contributed by atoms with Crippen LogP contribution in [0.4, 0.5) is 10.1 Å². The van der Waals surface area contributed by atoms with Gasteiger partial charge in [0, 0.05) is 10.0 Å². The average Bonchev–Trinajstić information content (AvgIpc) is 3.86. The zero-order chi connectivity index (χ0) is 34.1. The molecule has 0 aromatic heterocycles. The number of halogens is 3. The second-order valence-corrected chi connectivity index (χ2v) is 16.4. The van der Waals surface area contributed by atoms with Gasteiger partial charge in [0.15, 0.2) is 0 Å². The molecular weight excluding hydrogens is 692 g/mol. The molecule has 252 valence electrons. The summed E-state index contributed by atoms with van der Waals surface area (Å²) < 4.78 is 75.8. The maximum atomic E-state index is 15.2. The van der Waals surface area contributed by atoms with Gasteiger partial charge < -0.3 is 9.64 Å². The number of carbonyl (C=O) groups excluding carboxylic acids is 2. The maximum Gasteiger partial charge on any atom is 0.253 e. The van der Waals surface area contributed by atoms with Crippen molar-refractivity contribution in [2.75, 3.05) is 17.1 Å². The molecule has 1 N–H and O–H groups in total. The van der Waals surface area contributed by atoms with Gasteiger partial charge in [0.1, 0.15) is 18.0 Å². The van der Waals surface area contributed by atoms with Crippen LogP contribution < -0.4 is 9.03 Å². The lowest BCUT2D eigenvalue weighted by Gasteiger charge is -2.49. The first-order chi connectivity index (χ1) is 22.2. The molecule has 10 nitrogen and oxygen atoms in total. The Hall–Kier alpha value is -3.23. The van der Waals surface area contributed by atoms with Crippen LogP contribution in [0.5, 0.6) is 0 Å². The summed E-state index contributed by atoms with van der Waals surface area (Å²) in [5.74, 6) is -2.37. The van der Waals surface area contributed by atoms with E-state index in [9.17, 15) is 26.4 Å². The molecule has 2 fully saturated rings. The normalized spacial score (nSPS) is 20.9. The minimum Gasteiger partial charge on any atom is -0.357 e. The van der Waals surface area contributed by atoms with Crippen LogP contribution in [-0.2, 0) is 34.4 Å². The number of carbonyl (C=O) groups is 2. The number of nitrogens with zero attached hydrogens (tertiary/aromatic N) is 2. The van der Waals surface area contributed by atoms with Crippen LogP contribution in [0.3, 0.4) is 0 Å². The van der Waals surface area contributed by atoms with Crippen molar-refractivity contribution in [2.45, 2.75) is 62.1 Å². The van der Waals surface area contributed by atoms with Gasteiger partial charge in [-0.1, -0.05) is 66.5 Å². The van der Waals surface area contributed by atoms with Crippen molar-refractivity contribution in [3.05, 3.63) is 99.8 Å². The van der Waals surface area contributed by atoms with Crippen LogP contribution in [0.25, 0.3) is 0 Å². The molecule has 1 saturated heterocycles. The van der Waals surface area contributed by atoms with Crippen LogP contribution in [0.1, 0.15) is 55.9 Å². The molecule has 3 aromatic carbocycles. The zero-order valence-corrected chi connectivity index (χ0v) is 28.7. The first kappa shape index (κ1) is 35.1. The minimum absolute atomic E-state index is 0.142. The van der Waals surface area contributed by atoms with E-state index in [1.165, 1.54) is 29.2 Å². The fraction of sp³-hybridized carbons (Fsp3) is 0.375. The number of benzene rings is 3. The third kappa shape index (κ3) is 8.09. The van der Waals surface area contributed by atoms with E-state index in [1.807, 2.05) is 4.72 Å². The van der Waals surface area contributed by atoms with Crippen molar-refractivity contribution < 1.29 is 35.6 Å². The number of para-hydroxylation sites is 1. The van der Waals surface area contributed by atoms with Crippen LogP contribution in [-0.4, -0.2) is 63.7 Å². The van der Waals surface area contributed by atoms with Crippen molar-refractivity contribution in [3.63, 3.8) is 0 Å². The topological polar surface area (TPSA) is 130 Å². The van der Waals surface area contributed by atoms with Crippen molar-refractivity contribution in [1.82, 2.24) is 9.62 Å². The van der Waals surface area contributed by atoms with Crippen molar-refractivity contribution in [2.24, 2.45) is 0 Å². The number of hydrogen-bond acceptors (Lipinski definition) is 7. The van der Waals surface area contributed by atoms with Gasteiger partial charge in [-0.2, -0.15) is 0 Å². The third-order valence-corrected chi connectivity index (χ3v) is 11.5. The predicted octanol–water partition coefficient (Wildman–Crippen LogP) is 5.39. The molecular formula is C32H34Cl2FN3O7S2. The number of amides is 2. The molecule has 0 bridgehead atoms. The SMILES string of the molecule is CCC(CN(c1ccccc1F)S(=O)(=O)C1CC1)N1C(=O)[C@H](CC(=O)NS(C)(=O)=O)O[C@H](c2cccc(Cl)c2)[C@H]1c1ccc(Cl)cc1. The molecule has 2 aliphatic rings. The van der Waals surface area contributed by atoms with Crippen LogP contribution >= 0.6 is 23.2 Å². The van der Waals surface area contributed by atoms with Gasteiger partial charge in [-0.25, -0.2) is 21.2 Å². The molecule has 3 aromatic rings. The Morgan fingerprint density at radius 1 is 1.00 bits per heavy atom. The fourth-order valence-electron chi connectivity index (χ4n) is 5.80. The van der Waals surface area contributed by atoms with E-state index in [2.05, 4.69) is 0 Å². The molecule has 47 heavy (non-hydrogen) atoms. The summed E-state index contributed by atoms with van der Waals surface area (Å²) in [6, 6.07) is 17.3. The van der Waals surface area contributed by atoms with Crippen LogP contribution in [0, 0.1) is 5.82 Å². The largest absolute Gasteiger partial charge is 0.357 e. The highest BCUT2D eigenvalue weighted by Crippen LogP contribution is 2.45. The molecule has 5 rings (SSSR count). The van der Waals surface area contributed by atoms with E-state index in [0.29, 0.717) is 34.0 Å². The lowest BCUT2D eigenvalue weighted by Crippen LogP contribution is -2.58. The Bertz CT molecular complexity index is 1860. The van der Waals surface area contributed by atoms with Crippen LogP contribution in [0.15, 0.2) is 72.8 Å². The summed E-state index contributed by atoms with van der Waals surface area (Å²) in [5.41, 5.74) is 1.000. The Labute approximate surface area is 283 Å². The summed E-state index contributed by atoms with van der Waals surface area (Å²) in [6.07, 6.45) is -1.13. The number of ether oxygens (including phenoxy) is 1. The molecule has 1 heterocycles. The summed E-state index contributed by atoms with van der Waals surface area (Å²) in [7, 11) is -7.96. The lowest BCUT2D eigenvalue weighted by atomic mass is 9.89. The molecule has 1 saturated carbocycles. The average molecular weight is 727 g/mol. The quantitative estimate of drug-likeness (QED) is 0.265. The van der Waals surface area contributed by atoms with Gasteiger partial charge >= 0.3 is 0 Å². The molecule has 1 unspecified atom stereocenters. The van der Waals surface area contributed by atoms with Gasteiger partial charge in [0.05, 0.1) is 42.2 Å². The Kier molecular flexibility index (Phi) is 10.5. The predicted molar refractivity (Wildman–Crippen MR) is 177 cm³/mol. The van der Waals surface area contributed by atoms with Gasteiger partial charge in [-0.05, 0) is 66.8 Å². The second kappa shape index (κ2) is 14.1. The van der Waals surface area contributed by atoms with Crippen LogP contribution in [0.2, 0.25) is 10.0 Å². The van der Waals surface area contributed by atoms with E-state index in [-0.39, 0.29) is 18.7 Å². The second-order valence-electron chi connectivity index (χ2n) is 11.6. The minimum atomic E-state index is -4.02. The van der Waals surface area contributed by atoms with Gasteiger partial charge in [0.25, 0.3) is 5.91 Å².